The van der Waals surface area contributed by atoms with Gasteiger partial charge in [-0.15, -0.1) is 0 Å². The van der Waals surface area contributed by atoms with Gasteiger partial charge in [0.05, 0.1) is 12.3 Å². The second kappa shape index (κ2) is 4.92. The molecule has 4 aliphatic carbocycles. The normalized spacial score (nSPS) is 34.2. The number of aryl methyl sites for hydroxylation is 1. The number of fused-ring (bicyclic) bond motifs is 1. The average Bonchev–Trinajstić information content (AvgIpc) is 2.99. The van der Waals surface area contributed by atoms with E-state index in [1.54, 1.807) is 6.20 Å². The number of hydrogen-bond acceptors (Lipinski definition) is 4. The Morgan fingerprint density at radius 3 is 2.46 bits per heavy atom. The van der Waals surface area contributed by atoms with Gasteiger partial charge in [0.25, 0.3) is 0 Å². The lowest BCUT2D eigenvalue weighted by Gasteiger charge is -2.55. The molecule has 6 rings (SSSR count). The van der Waals surface area contributed by atoms with Crippen molar-refractivity contribution in [3.63, 3.8) is 0 Å². The molecule has 126 valence electrons. The number of hydrogen-bond donors (Lipinski definition) is 1. The molecule has 4 nitrogen and oxygen atoms in total. The molecule has 0 spiro atoms. The van der Waals surface area contributed by atoms with Crippen LogP contribution in [-0.4, -0.2) is 15.9 Å². The summed E-state index contributed by atoms with van der Waals surface area (Å²) in [5.41, 5.74) is 1.95. The average molecular weight is 325 g/mol. The summed E-state index contributed by atoms with van der Waals surface area (Å²) in [6, 6.07) is 1.84. The van der Waals surface area contributed by atoms with E-state index in [4.69, 9.17) is 4.42 Å². The van der Waals surface area contributed by atoms with Gasteiger partial charge in [0.15, 0.2) is 11.3 Å². The molecular weight excluding hydrogens is 302 g/mol. The molecule has 2 aromatic rings. The molecule has 0 radical (unpaired) electrons. The Bertz CT molecular complexity index is 799. The first-order valence-electron chi connectivity index (χ1n) is 9.11. The van der Waals surface area contributed by atoms with Crippen molar-refractivity contribution in [2.24, 2.45) is 23.2 Å². The maximum absolute atomic E-state index is 13.4. The lowest BCUT2D eigenvalue weighted by molar-refractivity contribution is -0.0364. The number of Topliss-reactive ketones (excluding diaryl/α,β-unsaturated/α-hetero) is 1. The summed E-state index contributed by atoms with van der Waals surface area (Å²) in [4.78, 5) is 17.7. The number of aromatic nitrogens is 1. The highest BCUT2D eigenvalue weighted by atomic mass is 16.3. The molecule has 1 N–H and O–H groups in total. The zero-order valence-corrected chi connectivity index (χ0v) is 14.0. The number of aliphatic hydroxyl groups excluding tert-OH is 1. The van der Waals surface area contributed by atoms with Crippen molar-refractivity contribution in [3.05, 3.63) is 29.3 Å². The van der Waals surface area contributed by atoms with Crippen LogP contribution in [0.1, 0.15) is 60.3 Å². The fraction of sp³-hybridized carbons (Fsp3) is 0.600. The molecule has 0 amide bonds. The predicted molar refractivity (Wildman–Crippen MR) is 89.6 cm³/mol. The van der Waals surface area contributed by atoms with Crippen LogP contribution in [0.15, 0.2) is 16.7 Å². The van der Waals surface area contributed by atoms with E-state index in [-0.39, 0.29) is 17.8 Å². The molecule has 0 unspecified atom stereocenters. The predicted octanol–water partition coefficient (Wildman–Crippen LogP) is 4.03. The maximum Gasteiger partial charge on any atom is 0.204 e. The number of carbonyl (C=O) groups is 1. The third-order valence-corrected chi connectivity index (χ3v) is 6.73. The van der Waals surface area contributed by atoms with Crippen molar-refractivity contribution in [2.45, 2.75) is 52.1 Å². The molecule has 4 saturated carbocycles. The highest BCUT2D eigenvalue weighted by molar-refractivity contribution is 6.02. The fourth-order valence-corrected chi connectivity index (χ4v) is 6.09. The SMILES string of the molecule is Cc1ncc(CO)c2cc(C(=O)C34CC5CC(CC(C5)C3)C4)oc12. The van der Waals surface area contributed by atoms with E-state index in [1.165, 1.54) is 19.3 Å². The van der Waals surface area contributed by atoms with Gasteiger partial charge in [0.1, 0.15) is 0 Å². The van der Waals surface area contributed by atoms with Crippen molar-refractivity contribution in [1.29, 1.82) is 0 Å². The van der Waals surface area contributed by atoms with E-state index in [0.29, 0.717) is 11.3 Å². The second-order valence-electron chi connectivity index (χ2n) is 8.41. The smallest absolute Gasteiger partial charge is 0.204 e. The van der Waals surface area contributed by atoms with Gasteiger partial charge < -0.3 is 9.52 Å². The zero-order valence-electron chi connectivity index (χ0n) is 14.0. The summed E-state index contributed by atoms with van der Waals surface area (Å²) in [6.45, 7) is 1.79. The van der Waals surface area contributed by atoms with Crippen LogP contribution in [0.2, 0.25) is 0 Å². The van der Waals surface area contributed by atoms with E-state index in [2.05, 4.69) is 4.98 Å². The van der Waals surface area contributed by atoms with Gasteiger partial charge in [-0.2, -0.15) is 0 Å². The summed E-state index contributed by atoms with van der Waals surface area (Å²) in [6.07, 6.45) is 8.77. The van der Waals surface area contributed by atoms with Crippen molar-refractivity contribution >= 4 is 16.8 Å². The third kappa shape index (κ3) is 1.95. The van der Waals surface area contributed by atoms with Crippen molar-refractivity contribution in [3.8, 4) is 0 Å². The van der Waals surface area contributed by atoms with Crippen molar-refractivity contribution in [2.75, 3.05) is 0 Å². The summed E-state index contributed by atoms with van der Waals surface area (Å²) < 4.78 is 5.97. The van der Waals surface area contributed by atoms with Gasteiger partial charge in [-0.3, -0.25) is 9.78 Å². The summed E-state index contributed by atoms with van der Waals surface area (Å²) in [5, 5.41) is 10.4. The third-order valence-electron chi connectivity index (χ3n) is 6.73. The zero-order chi connectivity index (χ0) is 16.5. The van der Waals surface area contributed by atoms with Crippen LogP contribution in [0.3, 0.4) is 0 Å². The molecule has 2 heterocycles. The number of nitrogens with zero attached hydrogens (tertiary/aromatic N) is 1. The van der Waals surface area contributed by atoms with Crippen LogP contribution >= 0.6 is 0 Å². The first-order chi connectivity index (χ1) is 11.6. The van der Waals surface area contributed by atoms with Gasteiger partial charge in [-0.25, -0.2) is 0 Å². The highest BCUT2D eigenvalue weighted by Crippen LogP contribution is 2.61. The minimum Gasteiger partial charge on any atom is -0.451 e. The molecule has 0 aromatic carbocycles. The van der Waals surface area contributed by atoms with E-state index < -0.39 is 0 Å². The molecule has 2 aromatic heterocycles. The lowest BCUT2D eigenvalue weighted by Crippen LogP contribution is -2.49. The molecular formula is C20H23NO3. The first kappa shape index (κ1) is 14.6. The summed E-state index contributed by atoms with van der Waals surface area (Å²) in [5.74, 6) is 2.88. The molecule has 24 heavy (non-hydrogen) atoms. The standard InChI is InChI=1S/C20H23NO3/c1-11-18-16(15(10-22)9-21-11)5-17(24-18)19(23)20-6-12-2-13(7-20)4-14(3-12)8-20/h5,9,12-14,22H,2-4,6-8,10H2,1H3. The van der Waals surface area contributed by atoms with Gasteiger partial charge >= 0.3 is 0 Å². The topological polar surface area (TPSA) is 63.3 Å². The number of ketones is 1. The summed E-state index contributed by atoms with van der Waals surface area (Å²) >= 11 is 0. The number of rotatable bonds is 3. The Kier molecular flexibility index (Phi) is 3.00. The minimum atomic E-state index is -0.191. The van der Waals surface area contributed by atoms with Crippen LogP contribution in [0.25, 0.3) is 11.0 Å². The number of pyridine rings is 1. The van der Waals surface area contributed by atoms with Crippen LogP contribution in [0, 0.1) is 30.1 Å². The van der Waals surface area contributed by atoms with Crippen molar-refractivity contribution < 1.29 is 14.3 Å². The van der Waals surface area contributed by atoms with Crippen molar-refractivity contribution in [1.82, 2.24) is 4.98 Å². The van der Waals surface area contributed by atoms with E-state index >= 15 is 0 Å². The number of carbonyl (C=O) groups excluding carboxylic acids is 1. The molecule has 0 aliphatic heterocycles. The quantitative estimate of drug-likeness (QED) is 0.866. The van der Waals surface area contributed by atoms with Crippen LogP contribution in [0.4, 0.5) is 0 Å². The van der Waals surface area contributed by atoms with Gasteiger partial charge in [0, 0.05) is 22.6 Å². The van der Waals surface area contributed by atoms with E-state index in [0.717, 1.165) is 53.7 Å². The maximum atomic E-state index is 13.4. The Morgan fingerprint density at radius 2 is 1.88 bits per heavy atom. The lowest BCUT2D eigenvalue weighted by atomic mass is 9.48. The van der Waals surface area contributed by atoms with Gasteiger partial charge in [-0.1, -0.05) is 0 Å². The van der Waals surface area contributed by atoms with E-state index in [1.807, 2.05) is 13.0 Å². The molecule has 0 atom stereocenters. The fourth-order valence-electron chi connectivity index (χ4n) is 6.09. The number of furan rings is 1. The monoisotopic (exact) mass is 325 g/mol. The largest absolute Gasteiger partial charge is 0.451 e. The highest BCUT2D eigenvalue weighted by Gasteiger charge is 2.55. The first-order valence-corrected chi connectivity index (χ1v) is 9.11. The Labute approximate surface area is 141 Å². The van der Waals surface area contributed by atoms with Crippen LogP contribution in [-0.2, 0) is 6.61 Å². The Hall–Kier alpha value is -1.68. The van der Waals surface area contributed by atoms with Crippen LogP contribution < -0.4 is 0 Å². The Balaban J connectivity index is 1.58. The second-order valence-corrected chi connectivity index (χ2v) is 8.41. The molecule has 4 aliphatic rings. The molecule has 4 heteroatoms. The minimum absolute atomic E-state index is 0.0890. The summed E-state index contributed by atoms with van der Waals surface area (Å²) in [7, 11) is 0. The Morgan fingerprint density at radius 1 is 1.25 bits per heavy atom. The molecule has 4 fully saturated rings. The van der Waals surface area contributed by atoms with Gasteiger partial charge in [0.2, 0.25) is 5.78 Å². The molecule has 4 bridgehead atoms. The molecule has 0 saturated heterocycles. The van der Waals surface area contributed by atoms with Crippen LogP contribution in [0.5, 0.6) is 0 Å². The number of aliphatic hydroxyl groups is 1. The van der Waals surface area contributed by atoms with Gasteiger partial charge in [-0.05, 0) is 69.3 Å². The van der Waals surface area contributed by atoms with E-state index in [9.17, 15) is 9.90 Å².